The molecular weight excluding hydrogens is 214 g/mol. The number of hydrogen-bond donors (Lipinski definition) is 1. The highest BCUT2D eigenvalue weighted by Crippen LogP contribution is 2.14. The molecule has 0 aliphatic heterocycles. The SMILES string of the molecule is CCn1nc(C)cc1CC(N)c1ccncn1. The van der Waals surface area contributed by atoms with Crippen LogP contribution in [-0.4, -0.2) is 19.7 Å². The van der Waals surface area contributed by atoms with E-state index < -0.39 is 0 Å². The standard InChI is InChI=1S/C12H17N5/c1-3-17-10(6-9(2)16-17)7-11(13)12-4-5-14-8-15-12/h4-6,8,11H,3,7,13H2,1-2H3. The van der Waals surface area contributed by atoms with Crippen molar-refractivity contribution in [2.75, 3.05) is 0 Å². The molecule has 0 radical (unpaired) electrons. The van der Waals surface area contributed by atoms with Gasteiger partial charge in [0, 0.05) is 24.9 Å². The minimum absolute atomic E-state index is 0.112. The number of rotatable bonds is 4. The minimum Gasteiger partial charge on any atom is -0.322 e. The fourth-order valence-corrected chi connectivity index (χ4v) is 1.89. The van der Waals surface area contributed by atoms with Crippen LogP contribution in [-0.2, 0) is 13.0 Å². The second-order valence-electron chi connectivity index (χ2n) is 4.04. The Morgan fingerprint density at radius 3 is 2.94 bits per heavy atom. The van der Waals surface area contributed by atoms with Crippen molar-refractivity contribution in [1.29, 1.82) is 0 Å². The smallest absolute Gasteiger partial charge is 0.115 e. The summed E-state index contributed by atoms with van der Waals surface area (Å²) in [5.74, 6) is 0. The molecule has 0 saturated carbocycles. The van der Waals surface area contributed by atoms with E-state index >= 15 is 0 Å². The van der Waals surface area contributed by atoms with Gasteiger partial charge >= 0.3 is 0 Å². The second kappa shape index (κ2) is 5.05. The lowest BCUT2D eigenvalue weighted by molar-refractivity contribution is 0.581. The first-order valence-corrected chi connectivity index (χ1v) is 5.75. The van der Waals surface area contributed by atoms with Crippen molar-refractivity contribution in [3.05, 3.63) is 41.7 Å². The van der Waals surface area contributed by atoms with Gasteiger partial charge in [0.2, 0.25) is 0 Å². The van der Waals surface area contributed by atoms with E-state index in [0.29, 0.717) is 0 Å². The molecule has 0 bridgehead atoms. The average Bonchev–Trinajstić information content (AvgIpc) is 2.70. The number of nitrogens with two attached hydrogens (primary N) is 1. The van der Waals surface area contributed by atoms with Gasteiger partial charge in [-0.25, -0.2) is 9.97 Å². The molecule has 0 saturated heterocycles. The number of hydrogen-bond acceptors (Lipinski definition) is 4. The van der Waals surface area contributed by atoms with Crippen molar-refractivity contribution in [3.63, 3.8) is 0 Å². The van der Waals surface area contributed by atoms with Gasteiger partial charge in [-0.3, -0.25) is 4.68 Å². The van der Waals surface area contributed by atoms with Crippen molar-refractivity contribution >= 4 is 0 Å². The Bertz CT molecular complexity index is 477. The van der Waals surface area contributed by atoms with Crippen LogP contribution in [0.1, 0.15) is 30.0 Å². The van der Waals surface area contributed by atoms with E-state index in [-0.39, 0.29) is 6.04 Å². The highest BCUT2D eigenvalue weighted by molar-refractivity contribution is 5.14. The normalized spacial score (nSPS) is 12.6. The van der Waals surface area contributed by atoms with E-state index in [9.17, 15) is 0 Å². The van der Waals surface area contributed by atoms with Crippen LogP contribution >= 0.6 is 0 Å². The van der Waals surface area contributed by atoms with Crippen molar-refractivity contribution in [2.45, 2.75) is 32.9 Å². The first-order valence-electron chi connectivity index (χ1n) is 5.75. The highest BCUT2D eigenvalue weighted by Gasteiger charge is 2.12. The summed E-state index contributed by atoms with van der Waals surface area (Å²) in [6.45, 7) is 4.93. The molecule has 17 heavy (non-hydrogen) atoms. The average molecular weight is 231 g/mol. The summed E-state index contributed by atoms with van der Waals surface area (Å²) in [5, 5.41) is 4.40. The summed E-state index contributed by atoms with van der Waals surface area (Å²) in [6, 6.07) is 3.81. The van der Waals surface area contributed by atoms with Crippen molar-refractivity contribution in [1.82, 2.24) is 19.7 Å². The Labute approximate surface area is 101 Å². The molecule has 0 aliphatic carbocycles. The molecule has 2 aromatic rings. The van der Waals surface area contributed by atoms with Gasteiger partial charge in [0.25, 0.3) is 0 Å². The molecule has 0 fully saturated rings. The summed E-state index contributed by atoms with van der Waals surface area (Å²) in [6.07, 6.45) is 3.98. The van der Waals surface area contributed by atoms with Crippen LogP contribution < -0.4 is 5.73 Å². The fraction of sp³-hybridized carbons (Fsp3) is 0.417. The van der Waals surface area contributed by atoms with Crippen molar-refractivity contribution < 1.29 is 0 Å². The highest BCUT2D eigenvalue weighted by atomic mass is 15.3. The predicted octanol–water partition coefficient (Wildman–Crippen LogP) is 1.24. The third-order valence-corrected chi connectivity index (χ3v) is 2.70. The molecule has 2 N–H and O–H groups in total. The zero-order chi connectivity index (χ0) is 12.3. The Hall–Kier alpha value is -1.75. The molecular formula is C12H17N5. The largest absolute Gasteiger partial charge is 0.322 e. The molecule has 0 amide bonds. The predicted molar refractivity (Wildman–Crippen MR) is 65.3 cm³/mol. The van der Waals surface area contributed by atoms with Gasteiger partial charge in [0.1, 0.15) is 6.33 Å². The first kappa shape index (κ1) is 11.7. The molecule has 5 nitrogen and oxygen atoms in total. The van der Waals surface area contributed by atoms with E-state index in [1.807, 2.05) is 17.7 Å². The van der Waals surface area contributed by atoms with Crippen LogP contribution in [0.3, 0.4) is 0 Å². The molecule has 0 spiro atoms. The maximum atomic E-state index is 6.13. The lowest BCUT2D eigenvalue weighted by Crippen LogP contribution is -2.17. The number of aryl methyl sites for hydroxylation is 2. The van der Waals surface area contributed by atoms with Crippen molar-refractivity contribution in [3.8, 4) is 0 Å². The van der Waals surface area contributed by atoms with Crippen LogP contribution in [0.4, 0.5) is 0 Å². The quantitative estimate of drug-likeness (QED) is 0.859. The summed E-state index contributed by atoms with van der Waals surface area (Å²) in [7, 11) is 0. The Balaban J connectivity index is 2.15. The summed E-state index contributed by atoms with van der Waals surface area (Å²) < 4.78 is 1.98. The van der Waals surface area contributed by atoms with E-state index in [1.165, 1.54) is 6.33 Å². The van der Waals surface area contributed by atoms with E-state index in [4.69, 9.17) is 5.73 Å². The van der Waals surface area contributed by atoms with Crippen LogP contribution in [0.25, 0.3) is 0 Å². The van der Waals surface area contributed by atoms with Gasteiger partial charge in [-0.1, -0.05) is 0 Å². The monoisotopic (exact) mass is 231 g/mol. The molecule has 90 valence electrons. The number of aromatic nitrogens is 4. The lowest BCUT2D eigenvalue weighted by Gasteiger charge is -2.11. The van der Waals surface area contributed by atoms with Gasteiger partial charge in [0.15, 0.2) is 0 Å². The maximum Gasteiger partial charge on any atom is 0.115 e. The van der Waals surface area contributed by atoms with E-state index in [1.54, 1.807) is 6.20 Å². The van der Waals surface area contributed by atoms with Crippen LogP contribution in [0.5, 0.6) is 0 Å². The fourth-order valence-electron chi connectivity index (χ4n) is 1.89. The van der Waals surface area contributed by atoms with Crippen molar-refractivity contribution in [2.24, 2.45) is 5.73 Å². The Kier molecular flexibility index (Phi) is 3.49. The summed E-state index contributed by atoms with van der Waals surface area (Å²) in [4.78, 5) is 8.06. The molecule has 1 atom stereocenters. The summed E-state index contributed by atoms with van der Waals surface area (Å²) in [5.41, 5.74) is 9.16. The molecule has 2 rings (SSSR count). The second-order valence-corrected chi connectivity index (χ2v) is 4.04. The third kappa shape index (κ3) is 2.68. The minimum atomic E-state index is -0.112. The topological polar surface area (TPSA) is 69.6 Å². The molecule has 1 unspecified atom stereocenters. The van der Waals surface area contributed by atoms with Crippen LogP contribution in [0.2, 0.25) is 0 Å². The third-order valence-electron chi connectivity index (χ3n) is 2.70. The molecule has 5 heteroatoms. The Morgan fingerprint density at radius 1 is 1.47 bits per heavy atom. The molecule has 2 heterocycles. The zero-order valence-corrected chi connectivity index (χ0v) is 10.2. The first-order chi connectivity index (χ1) is 8.20. The van der Waals surface area contributed by atoms with Crippen LogP contribution in [0, 0.1) is 6.92 Å². The van der Waals surface area contributed by atoms with Gasteiger partial charge in [-0.05, 0) is 26.0 Å². The summed E-state index contributed by atoms with van der Waals surface area (Å²) >= 11 is 0. The van der Waals surface area contributed by atoms with Gasteiger partial charge < -0.3 is 5.73 Å². The maximum absolute atomic E-state index is 6.13. The van der Waals surface area contributed by atoms with E-state index in [0.717, 1.165) is 30.0 Å². The molecule has 2 aromatic heterocycles. The number of nitrogens with zero attached hydrogens (tertiary/aromatic N) is 4. The lowest BCUT2D eigenvalue weighted by atomic mass is 10.1. The van der Waals surface area contributed by atoms with Crippen LogP contribution in [0.15, 0.2) is 24.7 Å². The van der Waals surface area contributed by atoms with Gasteiger partial charge in [-0.15, -0.1) is 0 Å². The van der Waals surface area contributed by atoms with Gasteiger partial charge in [0.05, 0.1) is 17.4 Å². The molecule has 0 aromatic carbocycles. The van der Waals surface area contributed by atoms with E-state index in [2.05, 4.69) is 28.1 Å². The Morgan fingerprint density at radius 2 is 2.29 bits per heavy atom. The molecule has 0 aliphatic rings. The zero-order valence-electron chi connectivity index (χ0n) is 10.2. The van der Waals surface area contributed by atoms with Gasteiger partial charge in [-0.2, -0.15) is 5.10 Å².